The van der Waals surface area contributed by atoms with Gasteiger partial charge in [0.05, 0.1) is 0 Å². The van der Waals surface area contributed by atoms with E-state index in [1.54, 1.807) is 0 Å². The highest BCUT2D eigenvalue weighted by Gasteiger charge is 2.19. The maximum absolute atomic E-state index is 3.51. The molecule has 1 fully saturated rings. The van der Waals surface area contributed by atoms with Crippen LogP contribution in [0.2, 0.25) is 0 Å². The van der Waals surface area contributed by atoms with Crippen LogP contribution in [0.3, 0.4) is 0 Å². The molecule has 1 N–H and O–H groups in total. The van der Waals surface area contributed by atoms with Crippen LogP contribution in [0.15, 0.2) is 0 Å². The van der Waals surface area contributed by atoms with Gasteiger partial charge in [0, 0.05) is 0 Å². The molecule has 1 rings (SSSR count). The minimum Gasteiger partial charge on any atom is -0.316 e. The predicted octanol–water partition coefficient (Wildman–Crippen LogP) is 2.67. The molecular weight excluding hydrogens is 146 g/mol. The van der Waals surface area contributed by atoms with E-state index in [1.165, 1.54) is 32.4 Å². The number of hydrogen-bond donors (Lipinski definition) is 1. The van der Waals surface area contributed by atoms with Crippen LogP contribution in [0.4, 0.5) is 0 Å². The van der Waals surface area contributed by atoms with Gasteiger partial charge in [-0.3, -0.25) is 0 Å². The average Bonchev–Trinajstić information content (AvgIpc) is 2.04. The van der Waals surface area contributed by atoms with Crippen molar-refractivity contribution < 1.29 is 0 Å². The van der Waals surface area contributed by atoms with Crippen molar-refractivity contribution in [2.45, 2.75) is 40.0 Å². The predicted molar refractivity (Wildman–Crippen MR) is 54.2 cm³/mol. The molecule has 0 aromatic rings. The van der Waals surface area contributed by atoms with E-state index in [4.69, 9.17) is 0 Å². The molecule has 1 heteroatoms. The van der Waals surface area contributed by atoms with E-state index in [-0.39, 0.29) is 0 Å². The van der Waals surface area contributed by atoms with Crippen molar-refractivity contribution in [3.05, 3.63) is 0 Å². The minimum absolute atomic E-state index is 0.896. The van der Waals surface area contributed by atoms with Crippen molar-refractivity contribution in [1.82, 2.24) is 5.32 Å². The molecular formula is C11H23N. The quantitative estimate of drug-likeness (QED) is 0.685. The number of piperidine rings is 1. The van der Waals surface area contributed by atoms with Crippen molar-refractivity contribution in [1.29, 1.82) is 0 Å². The normalized spacial score (nSPS) is 33.2. The fraction of sp³-hybridized carbons (Fsp3) is 1.00. The first-order valence-electron chi connectivity index (χ1n) is 5.43. The summed E-state index contributed by atoms with van der Waals surface area (Å²) in [6, 6.07) is 0. The lowest BCUT2D eigenvalue weighted by molar-refractivity contribution is 0.258. The summed E-state index contributed by atoms with van der Waals surface area (Å²) in [5, 5.41) is 3.51. The molecule has 1 saturated heterocycles. The standard InChI is InChI=1S/C11H23N/c1-4-9(2)5-11-6-10(3)7-12-8-11/h9-12H,4-8H2,1-3H3. The molecule has 3 atom stereocenters. The van der Waals surface area contributed by atoms with E-state index in [9.17, 15) is 0 Å². The van der Waals surface area contributed by atoms with E-state index in [0.29, 0.717) is 0 Å². The monoisotopic (exact) mass is 169 g/mol. The summed E-state index contributed by atoms with van der Waals surface area (Å²) >= 11 is 0. The highest BCUT2D eigenvalue weighted by Crippen LogP contribution is 2.23. The van der Waals surface area contributed by atoms with E-state index in [2.05, 4.69) is 26.1 Å². The highest BCUT2D eigenvalue weighted by atomic mass is 14.9. The Morgan fingerprint density at radius 2 is 2.17 bits per heavy atom. The Morgan fingerprint density at radius 3 is 2.75 bits per heavy atom. The van der Waals surface area contributed by atoms with Crippen molar-refractivity contribution >= 4 is 0 Å². The zero-order chi connectivity index (χ0) is 8.97. The van der Waals surface area contributed by atoms with Crippen molar-refractivity contribution in [2.75, 3.05) is 13.1 Å². The fourth-order valence-electron chi connectivity index (χ4n) is 2.18. The lowest BCUT2D eigenvalue weighted by Gasteiger charge is -2.29. The van der Waals surface area contributed by atoms with Gasteiger partial charge in [-0.15, -0.1) is 0 Å². The van der Waals surface area contributed by atoms with Crippen LogP contribution in [-0.4, -0.2) is 13.1 Å². The second-order valence-electron chi connectivity index (χ2n) is 4.61. The molecule has 0 saturated carbocycles. The van der Waals surface area contributed by atoms with E-state index in [0.717, 1.165) is 17.8 Å². The van der Waals surface area contributed by atoms with Gasteiger partial charge in [-0.05, 0) is 43.7 Å². The Balaban J connectivity index is 2.22. The molecule has 0 aliphatic carbocycles. The van der Waals surface area contributed by atoms with Gasteiger partial charge >= 0.3 is 0 Å². The van der Waals surface area contributed by atoms with Gasteiger partial charge in [0.1, 0.15) is 0 Å². The summed E-state index contributed by atoms with van der Waals surface area (Å²) in [7, 11) is 0. The van der Waals surface area contributed by atoms with Gasteiger partial charge < -0.3 is 5.32 Å². The highest BCUT2D eigenvalue weighted by molar-refractivity contribution is 4.74. The van der Waals surface area contributed by atoms with Crippen LogP contribution >= 0.6 is 0 Å². The summed E-state index contributed by atoms with van der Waals surface area (Å²) in [6.45, 7) is 9.52. The molecule has 0 aromatic heterocycles. The molecule has 0 radical (unpaired) electrons. The smallest absolute Gasteiger partial charge is 0.00202 e. The lowest BCUT2D eigenvalue weighted by atomic mass is 9.85. The van der Waals surface area contributed by atoms with Gasteiger partial charge in [0.15, 0.2) is 0 Å². The minimum atomic E-state index is 0.896. The molecule has 0 bridgehead atoms. The molecule has 1 heterocycles. The molecule has 72 valence electrons. The molecule has 3 unspecified atom stereocenters. The van der Waals surface area contributed by atoms with Crippen LogP contribution in [0.5, 0.6) is 0 Å². The number of rotatable bonds is 3. The summed E-state index contributed by atoms with van der Waals surface area (Å²) in [5.41, 5.74) is 0. The molecule has 1 aliphatic rings. The maximum Gasteiger partial charge on any atom is -0.00202 e. The van der Waals surface area contributed by atoms with Crippen LogP contribution in [0, 0.1) is 17.8 Å². The third kappa shape index (κ3) is 3.14. The van der Waals surface area contributed by atoms with E-state index >= 15 is 0 Å². The Bertz CT molecular complexity index is 122. The summed E-state index contributed by atoms with van der Waals surface area (Å²) in [6.07, 6.45) is 4.20. The summed E-state index contributed by atoms with van der Waals surface area (Å²) < 4.78 is 0. The van der Waals surface area contributed by atoms with Crippen LogP contribution in [0.25, 0.3) is 0 Å². The molecule has 0 spiro atoms. The first-order chi connectivity index (χ1) is 5.72. The Kier molecular flexibility index (Phi) is 4.07. The Hall–Kier alpha value is -0.0400. The zero-order valence-electron chi connectivity index (χ0n) is 8.77. The van der Waals surface area contributed by atoms with Crippen molar-refractivity contribution in [2.24, 2.45) is 17.8 Å². The maximum atomic E-state index is 3.51. The molecule has 0 aromatic carbocycles. The van der Waals surface area contributed by atoms with Crippen LogP contribution < -0.4 is 5.32 Å². The van der Waals surface area contributed by atoms with Crippen molar-refractivity contribution in [3.63, 3.8) is 0 Å². The number of hydrogen-bond acceptors (Lipinski definition) is 1. The summed E-state index contributed by atoms with van der Waals surface area (Å²) in [4.78, 5) is 0. The SMILES string of the molecule is CCC(C)CC1CNCC(C)C1. The first-order valence-corrected chi connectivity index (χ1v) is 5.43. The van der Waals surface area contributed by atoms with Gasteiger partial charge in [0.2, 0.25) is 0 Å². The van der Waals surface area contributed by atoms with E-state index in [1.807, 2.05) is 0 Å². The second kappa shape index (κ2) is 4.86. The molecule has 1 nitrogen and oxygen atoms in total. The number of nitrogens with one attached hydrogen (secondary N) is 1. The van der Waals surface area contributed by atoms with Gasteiger partial charge in [-0.25, -0.2) is 0 Å². The third-order valence-corrected chi connectivity index (χ3v) is 3.09. The topological polar surface area (TPSA) is 12.0 Å². The zero-order valence-corrected chi connectivity index (χ0v) is 8.77. The largest absolute Gasteiger partial charge is 0.316 e. The van der Waals surface area contributed by atoms with Crippen LogP contribution in [-0.2, 0) is 0 Å². The first kappa shape index (κ1) is 10.0. The summed E-state index contributed by atoms with van der Waals surface area (Å²) in [5.74, 6) is 2.76. The second-order valence-corrected chi connectivity index (χ2v) is 4.61. The van der Waals surface area contributed by atoms with Gasteiger partial charge in [-0.2, -0.15) is 0 Å². The van der Waals surface area contributed by atoms with Crippen LogP contribution in [0.1, 0.15) is 40.0 Å². The van der Waals surface area contributed by atoms with Gasteiger partial charge in [0.25, 0.3) is 0 Å². The molecule has 1 aliphatic heterocycles. The average molecular weight is 169 g/mol. The Labute approximate surface area is 76.9 Å². The Morgan fingerprint density at radius 1 is 1.42 bits per heavy atom. The molecule has 0 amide bonds. The fourth-order valence-corrected chi connectivity index (χ4v) is 2.18. The van der Waals surface area contributed by atoms with E-state index < -0.39 is 0 Å². The molecule has 12 heavy (non-hydrogen) atoms. The van der Waals surface area contributed by atoms with Crippen molar-refractivity contribution in [3.8, 4) is 0 Å². The third-order valence-electron chi connectivity index (χ3n) is 3.09. The lowest BCUT2D eigenvalue weighted by Crippen LogP contribution is -2.35. The van der Waals surface area contributed by atoms with Gasteiger partial charge in [-0.1, -0.05) is 27.2 Å².